The van der Waals surface area contributed by atoms with Crippen molar-refractivity contribution in [3.8, 4) is 0 Å². The van der Waals surface area contributed by atoms with E-state index in [9.17, 15) is 18.0 Å². The summed E-state index contributed by atoms with van der Waals surface area (Å²) in [7, 11) is -3.68. The molecule has 2 amide bonds. The Balaban J connectivity index is 1.36. The number of nitrogens with one attached hydrogen (secondary N) is 3. The van der Waals surface area contributed by atoms with E-state index in [4.69, 9.17) is 9.47 Å². The van der Waals surface area contributed by atoms with Crippen molar-refractivity contribution < 1.29 is 27.5 Å². The average Bonchev–Trinajstić information content (AvgIpc) is 3.48. The second-order valence-corrected chi connectivity index (χ2v) is 9.23. The number of nitrogens with zero attached hydrogens (tertiary/aromatic N) is 1. The lowest BCUT2D eigenvalue weighted by Crippen LogP contribution is -2.40. The van der Waals surface area contributed by atoms with E-state index >= 15 is 0 Å². The van der Waals surface area contributed by atoms with Crippen LogP contribution in [0.1, 0.15) is 23.3 Å². The first-order chi connectivity index (χ1) is 14.9. The topological polar surface area (TPSA) is 130 Å². The third-order valence-electron chi connectivity index (χ3n) is 5.14. The zero-order chi connectivity index (χ0) is 21.8. The molecule has 166 valence electrons. The molecule has 10 nitrogen and oxygen atoms in total. The van der Waals surface area contributed by atoms with Crippen molar-refractivity contribution in [1.29, 1.82) is 0 Å². The summed E-state index contributed by atoms with van der Waals surface area (Å²) < 4.78 is 37.2. The van der Waals surface area contributed by atoms with Gasteiger partial charge in [-0.05, 0) is 43.2 Å². The number of aromatic amines is 1. The molecule has 1 aromatic carbocycles. The summed E-state index contributed by atoms with van der Waals surface area (Å²) >= 11 is 0. The minimum atomic E-state index is -3.68. The SMILES string of the molecule is O=C(Nc1ccc(NC(=O)C2CCCO2)cc1)c1cc(S(=O)(=O)N2CCOCC2)c[nH]1. The van der Waals surface area contributed by atoms with E-state index in [2.05, 4.69) is 15.6 Å². The van der Waals surface area contributed by atoms with Crippen LogP contribution in [0.4, 0.5) is 11.4 Å². The lowest BCUT2D eigenvalue weighted by molar-refractivity contribution is -0.124. The maximum atomic E-state index is 12.7. The predicted molar refractivity (Wildman–Crippen MR) is 112 cm³/mol. The Morgan fingerprint density at radius 3 is 2.35 bits per heavy atom. The van der Waals surface area contributed by atoms with Gasteiger partial charge in [-0.3, -0.25) is 9.59 Å². The van der Waals surface area contributed by atoms with Gasteiger partial charge in [-0.25, -0.2) is 8.42 Å². The largest absolute Gasteiger partial charge is 0.379 e. The highest BCUT2D eigenvalue weighted by atomic mass is 32.2. The van der Waals surface area contributed by atoms with Crippen LogP contribution in [0.3, 0.4) is 0 Å². The lowest BCUT2D eigenvalue weighted by atomic mass is 10.2. The molecule has 1 unspecified atom stereocenters. The zero-order valence-corrected chi connectivity index (χ0v) is 17.6. The molecule has 31 heavy (non-hydrogen) atoms. The van der Waals surface area contributed by atoms with E-state index in [1.165, 1.54) is 16.6 Å². The monoisotopic (exact) mass is 448 g/mol. The Labute approximate surface area is 180 Å². The van der Waals surface area contributed by atoms with E-state index in [0.29, 0.717) is 37.6 Å². The second kappa shape index (κ2) is 9.18. The van der Waals surface area contributed by atoms with Crippen LogP contribution < -0.4 is 10.6 Å². The van der Waals surface area contributed by atoms with Gasteiger partial charge in [0.05, 0.1) is 13.2 Å². The molecule has 1 aromatic heterocycles. The molecule has 4 rings (SSSR count). The van der Waals surface area contributed by atoms with Crippen LogP contribution in [-0.2, 0) is 24.3 Å². The molecule has 3 heterocycles. The molecule has 2 fully saturated rings. The Bertz CT molecular complexity index is 1040. The van der Waals surface area contributed by atoms with Crippen molar-refractivity contribution in [2.45, 2.75) is 23.8 Å². The third-order valence-corrected chi connectivity index (χ3v) is 7.02. The first kappa shape index (κ1) is 21.5. The average molecular weight is 449 g/mol. The number of sulfonamides is 1. The number of benzene rings is 1. The van der Waals surface area contributed by atoms with Gasteiger partial charge in [0.2, 0.25) is 10.0 Å². The fourth-order valence-electron chi connectivity index (χ4n) is 3.43. The summed E-state index contributed by atoms with van der Waals surface area (Å²) in [6.07, 6.45) is 2.47. The van der Waals surface area contributed by atoms with Crippen molar-refractivity contribution in [2.24, 2.45) is 0 Å². The van der Waals surface area contributed by atoms with Crippen LogP contribution in [0.2, 0.25) is 0 Å². The fraction of sp³-hybridized carbons (Fsp3) is 0.400. The Morgan fingerprint density at radius 2 is 1.71 bits per heavy atom. The first-order valence-corrected chi connectivity index (χ1v) is 11.5. The van der Waals surface area contributed by atoms with Crippen LogP contribution in [0, 0.1) is 0 Å². The minimum absolute atomic E-state index is 0.0340. The van der Waals surface area contributed by atoms with Crippen molar-refractivity contribution in [1.82, 2.24) is 9.29 Å². The Kier molecular flexibility index (Phi) is 6.37. The maximum absolute atomic E-state index is 12.7. The minimum Gasteiger partial charge on any atom is -0.379 e. The quantitative estimate of drug-likeness (QED) is 0.613. The molecule has 2 saturated heterocycles. The summed E-state index contributed by atoms with van der Waals surface area (Å²) in [5, 5.41) is 5.49. The number of carbonyl (C=O) groups is 2. The van der Waals surface area contributed by atoms with E-state index < -0.39 is 22.0 Å². The molecule has 3 N–H and O–H groups in total. The highest BCUT2D eigenvalue weighted by Crippen LogP contribution is 2.20. The molecule has 0 saturated carbocycles. The molecule has 0 bridgehead atoms. The normalized spacial score (nSPS) is 19.8. The maximum Gasteiger partial charge on any atom is 0.272 e. The van der Waals surface area contributed by atoms with E-state index in [1.54, 1.807) is 24.3 Å². The number of morpholine rings is 1. The van der Waals surface area contributed by atoms with E-state index in [1.807, 2.05) is 0 Å². The molecule has 11 heteroatoms. The summed E-state index contributed by atoms with van der Waals surface area (Å²) in [4.78, 5) is 27.4. The Morgan fingerprint density at radius 1 is 1.03 bits per heavy atom. The van der Waals surface area contributed by atoms with Gasteiger partial charge in [-0.2, -0.15) is 4.31 Å². The van der Waals surface area contributed by atoms with Crippen molar-refractivity contribution in [2.75, 3.05) is 43.5 Å². The number of rotatable bonds is 6. The van der Waals surface area contributed by atoms with Gasteiger partial charge in [0.15, 0.2) is 0 Å². The van der Waals surface area contributed by atoms with Crippen molar-refractivity contribution in [3.05, 3.63) is 42.2 Å². The summed E-state index contributed by atoms with van der Waals surface area (Å²) in [5.41, 5.74) is 1.23. The standard InChI is InChI=1S/C20H24N4O6S/c25-19(17-12-16(13-21-17)31(27,28)24-7-10-29-11-8-24)22-14-3-5-15(6-4-14)23-20(26)18-2-1-9-30-18/h3-6,12-13,18,21H,1-2,7-11H2,(H,22,25)(H,23,26). The molecule has 2 aliphatic rings. The van der Waals surface area contributed by atoms with Crippen LogP contribution in [-0.4, -0.2) is 68.5 Å². The summed E-state index contributed by atoms with van der Waals surface area (Å²) in [6.45, 7) is 1.86. The van der Waals surface area contributed by atoms with E-state index in [0.717, 1.165) is 6.42 Å². The van der Waals surface area contributed by atoms with Crippen LogP contribution in [0.5, 0.6) is 0 Å². The number of ether oxygens (including phenoxy) is 2. The molecule has 1 atom stereocenters. The van der Waals surface area contributed by atoms with Gasteiger partial charge in [0.1, 0.15) is 16.7 Å². The van der Waals surface area contributed by atoms with Crippen LogP contribution in [0.15, 0.2) is 41.4 Å². The predicted octanol–water partition coefficient (Wildman–Crippen LogP) is 1.41. The molecule has 2 aromatic rings. The molecular formula is C20H24N4O6S. The molecular weight excluding hydrogens is 424 g/mol. The number of anilines is 2. The van der Waals surface area contributed by atoms with Crippen molar-refractivity contribution >= 4 is 33.2 Å². The molecule has 0 radical (unpaired) electrons. The van der Waals surface area contributed by atoms with Crippen molar-refractivity contribution in [3.63, 3.8) is 0 Å². The van der Waals surface area contributed by atoms with E-state index in [-0.39, 0.29) is 29.6 Å². The Hall–Kier alpha value is -2.73. The van der Waals surface area contributed by atoms with Gasteiger partial charge in [0, 0.05) is 37.3 Å². The number of hydrogen-bond acceptors (Lipinski definition) is 6. The van der Waals surface area contributed by atoms with Gasteiger partial charge in [-0.1, -0.05) is 0 Å². The smallest absolute Gasteiger partial charge is 0.272 e. The first-order valence-electron chi connectivity index (χ1n) is 10.0. The zero-order valence-electron chi connectivity index (χ0n) is 16.8. The highest BCUT2D eigenvalue weighted by molar-refractivity contribution is 7.89. The van der Waals surface area contributed by atoms with Gasteiger partial charge in [-0.15, -0.1) is 0 Å². The van der Waals surface area contributed by atoms with Crippen LogP contribution >= 0.6 is 0 Å². The number of hydrogen-bond donors (Lipinski definition) is 3. The summed E-state index contributed by atoms with van der Waals surface area (Å²) in [6, 6.07) is 7.96. The number of H-pyrrole nitrogens is 1. The lowest BCUT2D eigenvalue weighted by Gasteiger charge is -2.25. The second-order valence-electron chi connectivity index (χ2n) is 7.29. The fourth-order valence-corrected chi connectivity index (χ4v) is 4.84. The number of aromatic nitrogens is 1. The van der Waals surface area contributed by atoms with Gasteiger partial charge in [0.25, 0.3) is 11.8 Å². The number of amides is 2. The molecule has 0 spiro atoms. The van der Waals surface area contributed by atoms with Gasteiger partial charge >= 0.3 is 0 Å². The molecule has 2 aliphatic heterocycles. The van der Waals surface area contributed by atoms with Crippen LogP contribution in [0.25, 0.3) is 0 Å². The number of carbonyl (C=O) groups excluding carboxylic acids is 2. The van der Waals surface area contributed by atoms with Gasteiger partial charge < -0.3 is 25.1 Å². The highest BCUT2D eigenvalue weighted by Gasteiger charge is 2.28. The molecule has 0 aliphatic carbocycles. The third kappa shape index (κ3) is 4.96. The summed E-state index contributed by atoms with van der Waals surface area (Å²) in [5.74, 6) is -0.658.